The molecule has 3 rings (SSSR count). The van der Waals surface area contributed by atoms with Crippen molar-refractivity contribution in [1.82, 2.24) is 15.5 Å². The average Bonchev–Trinajstić information content (AvgIpc) is 3.05. The van der Waals surface area contributed by atoms with Gasteiger partial charge in [0.05, 0.1) is 18.9 Å². The largest absolute Gasteiger partial charge is 0.466 e. The molecule has 1 aromatic rings. The van der Waals surface area contributed by atoms with Crippen LogP contribution in [-0.2, 0) is 10.3 Å². The van der Waals surface area contributed by atoms with Gasteiger partial charge in [-0.2, -0.15) is 0 Å². The molecule has 0 aromatic carbocycles. The zero-order valence-corrected chi connectivity index (χ0v) is 11.8. The topological polar surface area (TPSA) is 94.8 Å². The fourth-order valence-corrected chi connectivity index (χ4v) is 2.46. The maximum Gasteiger partial charge on any atom is 0.325 e. The van der Waals surface area contributed by atoms with Gasteiger partial charge in [0.1, 0.15) is 5.76 Å². The summed E-state index contributed by atoms with van der Waals surface area (Å²) in [5.41, 5.74) is -1.20. The number of urea groups is 1. The molecule has 1 aliphatic carbocycles. The van der Waals surface area contributed by atoms with E-state index in [1.165, 1.54) is 6.26 Å². The average molecular weight is 293 g/mol. The fourth-order valence-electron chi connectivity index (χ4n) is 2.46. The highest BCUT2D eigenvalue weighted by Crippen LogP contribution is 2.29. The molecule has 114 valence electrons. The molecule has 2 heterocycles. The SMILES string of the molecule is CC1(c2ccco2)NC(=O)N(CC(O)CNC2CC2)C1=O. The van der Waals surface area contributed by atoms with Crippen molar-refractivity contribution in [2.75, 3.05) is 13.1 Å². The Kier molecular flexibility index (Phi) is 3.46. The lowest BCUT2D eigenvalue weighted by molar-refractivity contribution is -0.132. The van der Waals surface area contributed by atoms with Gasteiger partial charge >= 0.3 is 6.03 Å². The van der Waals surface area contributed by atoms with Gasteiger partial charge in [-0.1, -0.05) is 0 Å². The molecule has 3 N–H and O–H groups in total. The Balaban J connectivity index is 1.65. The van der Waals surface area contributed by atoms with E-state index in [1.54, 1.807) is 19.1 Å². The molecule has 1 aromatic heterocycles. The molecule has 7 heteroatoms. The number of carbonyl (C=O) groups excluding carboxylic acids is 2. The number of carbonyl (C=O) groups is 2. The third-order valence-corrected chi connectivity index (χ3v) is 3.90. The van der Waals surface area contributed by atoms with Gasteiger partial charge in [0, 0.05) is 12.6 Å². The number of hydrogen-bond donors (Lipinski definition) is 3. The molecular weight excluding hydrogens is 274 g/mol. The third kappa shape index (κ3) is 2.66. The van der Waals surface area contributed by atoms with Crippen LogP contribution in [0.25, 0.3) is 0 Å². The van der Waals surface area contributed by atoms with Gasteiger partial charge in [0.15, 0.2) is 5.54 Å². The first-order chi connectivity index (χ1) is 10.0. The van der Waals surface area contributed by atoms with E-state index in [-0.39, 0.29) is 6.54 Å². The fraction of sp³-hybridized carbons (Fsp3) is 0.571. The van der Waals surface area contributed by atoms with Gasteiger partial charge in [-0.25, -0.2) is 4.79 Å². The Hall–Kier alpha value is -1.86. The molecule has 0 bridgehead atoms. The Labute approximate surface area is 122 Å². The minimum absolute atomic E-state index is 0.0271. The number of rotatable bonds is 6. The highest BCUT2D eigenvalue weighted by atomic mass is 16.3. The Bertz CT molecular complexity index is 540. The van der Waals surface area contributed by atoms with Gasteiger partial charge in [-0.15, -0.1) is 0 Å². The highest BCUT2D eigenvalue weighted by Gasteiger charge is 2.51. The summed E-state index contributed by atoms with van der Waals surface area (Å²) in [4.78, 5) is 25.5. The van der Waals surface area contributed by atoms with E-state index in [1.807, 2.05) is 0 Å². The molecule has 2 atom stereocenters. The molecule has 1 aliphatic heterocycles. The second-order valence-electron chi connectivity index (χ2n) is 5.78. The number of aliphatic hydroxyl groups excluding tert-OH is 1. The molecule has 7 nitrogen and oxygen atoms in total. The Morgan fingerprint density at radius 1 is 1.57 bits per heavy atom. The summed E-state index contributed by atoms with van der Waals surface area (Å²) in [7, 11) is 0. The quantitative estimate of drug-likeness (QED) is 0.649. The van der Waals surface area contributed by atoms with E-state index in [4.69, 9.17) is 4.42 Å². The second kappa shape index (κ2) is 5.16. The van der Waals surface area contributed by atoms with Gasteiger partial charge in [0.25, 0.3) is 5.91 Å². The van der Waals surface area contributed by atoms with E-state index in [2.05, 4.69) is 10.6 Å². The lowest BCUT2D eigenvalue weighted by atomic mass is 9.99. The van der Waals surface area contributed by atoms with Gasteiger partial charge in [0.2, 0.25) is 0 Å². The van der Waals surface area contributed by atoms with Crippen molar-refractivity contribution < 1.29 is 19.1 Å². The predicted molar refractivity (Wildman–Crippen MR) is 73.3 cm³/mol. The molecular formula is C14H19N3O4. The highest BCUT2D eigenvalue weighted by molar-refractivity contribution is 6.06. The van der Waals surface area contributed by atoms with Crippen molar-refractivity contribution >= 4 is 11.9 Å². The van der Waals surface area contributed by atoms with Crippen LogP contribution in [0, 0.1) is 0 Å². The lowest BCUT2D eigenvalue weighted by Crippen LogP contribution is -2.43. The van der Waals surface area contributed by atoms with Crippen LogP contribution in [0.1, 0.15) is 25.5 Å². The number of hydrogen-bond acceptors (Lipinski definition) is 5. The first-order valence-electron chi connectivity index (χ1n) is 7.10. The minimum atomic E-state index is -1.20. The summed E-state index contributed by atoms with van der Waals surface area (Å²) in [6.45, 7) is 1.95. The molecule has 2 fully saturated rings. The number of β-amino-alcohol motifs (C(OH)–C–C–N with tert-alkyl or cyclic N) is 1. The van der Waals surface area contributed by atoms with E-state index in [9.17, 15) is 14.7 Å². The van der Waals surface area contributed by atoms with Gasteiger partial charge < -0.3 is 20.2 Å². The van der Waals surface area contributed by atoms with Crippen molar-refractivity contribution in [3.63, 3.8) is 0 Å². The molecule has 21 heavy (non-hydrogen) atoms. The minimum Gasteiger partial charge on any atom is -0.466 e. The second-order valence-corrected chi connectivity index (χ2v) is 5.78. The monoisotopic (exact) mass is 293 g/mol. The Morgan fingerprint density at radius 3 is 2.95 bits per heavy atom. The zero-order valence-electron chi connectivity index (χ0n) is 11.8. The van der Waals surface area contributed by atoms with Gasteiger partial charge in [-0.05, 0) is 31.9 Å². The van der Waals surface area contributed by atoms with E-state index in [0.717, 1.165) is 17.7 Å². The number of nitrogens with zero attached hydrogens (tertiary/aromatic N) is 1. The van der Waals surface area contributed by atoms with Crippen LogP contribution in [-0.4, -0.2) is 47.2 Å². The summed E-state index contributed by atoms with van der Waals surface area (Å²) in [6, 6.07) is 3.27. The summed E-state index contributed by atoms with van der Waals surface area (Å²) in [5, 5.41) is 15.8. The molecule has 3 amide bonds. The number of imide groups is 1. The third-order valence-electron chi connectivity index (χ3n) is 3.90. The normalized spacial score (nSPS) is 27.0. The summed E-state index contributed by atoms with van der Waals surface area (Å²) >= 11 is 0. The van der Waals surface area contributed by atoms with Crippen LogP contribution < -0.4 is 10.6 Å². The van der Waals surface area contributed by atoms with Crippen LogP contribution in [0.5, 0.6) is 0 Å². The van der Waals surface area contributed by atoms with Crippen LogP contribution in [0.15, 0.2) is 22.8 Å². The van der Waals surface area contributed by atoms with Crippen LogP contribution in [0.4, 0.5) is 4.79 Å². The maximum atomic E-state index is 12.5. The smallest absolute Gasteiger partial charge is 0.325 e. The van der Waals surface area contributed by atoms with Crippen molar-refractivity contribution in [3.8, 4) is 0 Å². The molecule has 1 saturated heterocycles. The van der Waals surface area contributed by atoms with Crippen LogP contribution in [0.2, 0.25) is 0 Å². The molecule has 0 spiro atoms. The predicted octanol–water partition coefficient (Wildman–Crippen LogP) is 0.159. The first-order valence-corrected chi connectivity index (χ1v) is 7.10. The molecule has 1 saturated carbocycles. The first kappa shape index (κ1) is 14.1. The van der Waals surface area contributed by atoms with Crippen molar-refractivity contribution in [1.29, 1.82) is 0 Å². The zero-order chi connectivity index (χ0) is 15.0. The Morgan fingerprint density at radius 2 is 2.33 bits per heavy atom. The van der Waals surface area contributed by atoms with Gasteiger partial charge in [-0.3, -0.25) is 9.69 Å². The number of furan rings is 1. The molecule has 2 unspecified atom stereocenters. The van der Waals surface area contributed by atoms with Crippen LogP contribution >= 0.6 is 0 Å². The van der Waals surface area contributed by atoms with Crippen molar-refractivity contribution in [2.45, 2.75) is 37.5 Å². The maximum absolute atomic E-state index is 12.5. The summed E-state index contributed by atoms with van der Waals surface area (Å²) < 4.78 is 5.24. The lowest BCUT2D eigenvalue weighted by Gasteiger charge is -2.20. The molecule has 0 radical (unpaired) electrons. The molecule has 2 aliphatic rings. The van der Waals surface area contributed by atoms with Crippen LogP contribution in [0.3, 0.4) is 0 Å². The number of aliphatic hydroxyl groups is 1. The summed E-state index contributed by atoms with van der Waals surface area (Å²) in [5.74, 6) is -0.0260. The van der Waals surface area contributed by atoms with Crippen molar-refractivity contribution in [2.24, 2.45) is 0 Å². The van der Waals surface area contributed by atoms with E-state index < -0.39 is 23.6 Å². The summed E-state index contributed by atoms with van der Waals surface area (Å²) in [6.07, 6.45) is 2.91. The van der Waals surface area contributed by atoms with E-state index >= 15 is 0 Å². The van der Waals surface area contributed by atoms with Crippen molar-refractivity contribution in [3.05, 3.63) is 24.2 Å². The van der Waals surface area contributed by atoms with E-state index in [0.29, 0.717) is 18.3 Å². The standard InChI is InChI=1S/C14H19N3O4/c1-14(11-3-2-6-21-11)12(19)17(13(20)16-14)8-10(18)7-15-9-4-5-9/h2-3,6,9-10,15,18H,4-5,7-8H2,1H3,(H,16,20). The number of nitrogens with one attached hydrogen (secondary N) is 2. The number of amides is 3.